The fraction of sp³-hybridized carbons (Fsp3) is 0.889. The molecule has 0 aromatic carbocycles. The maximum atomic E-state index is 10.6. The van der Waals surface area contributed by atoms with Crippen LogP contribution in [0.15, 0.2) is 0 Å². The first-order valence-electron chi connectivity index (χ1n) is 4.60. The largest absolute Gasteiger partial charge is 0.480 e. The zero-order chi connectivity index (χ0) is 9.90. The minimum absolute atomic E-state index is 0.0516. The first-order valence-corrected chi connectivity index (χ1v) is 4.60. The Morgan fingerprint density at radius 3 is 2.62 bits per heavy atom. The van der Waals surface area contributed by atoms with Crippen LogP contribution >= 0.6 is 0 Å². The van der Waals surface area contributed by atoms with Crippen molar-refractivity contribution >= 4 is 5.97 Å². The molecule has 1 heterocycles. The molecule has 76 valence electrons. The number of hydrogen-bond donors (Lipinski definition) is 2. The van der Waals surface area contributed by atoms with Gasteiger partial charge in [-0.05, 0) is 24.7 Å². The van der Waals surface area contributed by atoms with Gasteiger partial charge >= 0.3 is 5.97 Å². The molecule has 3 N–H and O–H groups in total. The molecule has 0 aromatic rings. The van der Waals surface area contributed by atoms with Gasteiger partial charge in [-0.2, -0.15) is 0 Å². The quantitative estimate of drug-likeness (QED) is 0.678. The van der Waals surface area contributed by atoms with Crippen molar-refractivity contribution in [2.24, 2.45) is 11.1 Å². The topological polar surface area (TPSA) is 72.6 Å². The first kappa shape index (κ1) is 10.5. The Balaban J connectivity index is 2.45. The second-order valence-electron chi connectivity index (χ2n) is 4.07. The lowest BCUT2D eigenvalue weighted by molar-refractivity contribution is -0.139. The van der Waals surface area contributed by atoms with E-state index in [4.69, 9.17) is 15.6 Å². The summed E-state index contributed by atoms with van der Waals surface area (Å²) in [5.74, 6) is -0.910. The zero-order valence-corrected chi connectivity index (χ0v) is 7.95. The monoisotopic (exact) mass is 187 g/mol. The highest BCUT2D eigenvalue weighted by Crippen LogP contribution is 2.34. The lowest BCUT2D eigenvalue weighted by Crippen LogP contribution is -2.38. The van der Waals surface area contributed by atoms with E-state index in [0.717, 1.165) is 26.1 Å². The van der Waals surface area contributed by atoms with Crippen LogP contribution in [0.2, 0.25) is 0 Å². The van der Waals surface area contributed by atoms with E-state index in [1.54, 1.807) is 0 Å². The molecule has 0 radical (unpaired) electrons. The average molecular weight is 187 g/mol. The summed E-state index contributed by atoms with van der Waals surface area (Å²) in [6.07, 6.45) is 2.37. The number of aliphatic carboxylic acids is 1. The summed E-state index contributed by atoms with van der Waals surface area (Å²) in [6, 6.07) is -0.733. The Bertz CT molecular complexity index is 187. The number of rotatable bonds is 3. The van der Waals surface area contributed by atoms with Gasteiger partial charge in [0, 0.05) is 13.2 Å². The number of carboxylic acid groups (broad SMARTS) is 1. The van der Waals surface area contributed by atoms with Gasteiger partial charge < -0.3 is 15.6 Å². The number of carbonyl (C=O) groups is 1. The van der Waals surface area contributed by atoms with E-state index in [2.05, 4.69) is 6.92 Å². The summed E-state index contributed by atoms with van der Waals surface area (Å²) in [7, 11) is 0. The summed E-state index contributed by atoms with van der Waals surface area (Å²) < 4.78 is 5.22. The fourth-order valence-electron chi connectivity index (χ4n) is 1.69. The molecule has 0 spiro atoms. The Kier molecular flexibility index (Phi) is 3.27. The third kappa shape index (κ3) is 2.97. The summed E-state index contributed by atoms with van der Waals surface area (Å²) in [6.45, 7) is 3.53. The third-order valence-electron chi connectivity index (χ3n) is 2.73. The van der Waals surface area contributed by atoms with Crippen LogP contribution in [0.4, 0.5) is 0 Å². The van der Waals surface area contributed by atoms with Gasteiger partial charge in [-0.3, -0.25) is 4.79 Å². The highest BCUT2D eigenvalue weighted by molar-refractivity contribution is 5.73. The van der Waals surface area contributed by atoms with Gasteiger partial charge in [0.1, 0.15) is 6.04 Å². The second kappa shape index (κ2) is 4.07. The minimum Gasteiger partial charge on any atom is -0.480 e. The van der Waals surface area contributed by atoms with E-state index in [-0.39, 0.29) is 5.41 Å². The van der Waals surface area contributed by atoms with Crippen molar-refractivity contribution in [1.29, 1.82) is 0 Å². The van der Waals surface area contributed by atoms with Crippen molar-refractivity contribution in [1.82, 2.24) is 0 Å². The highest BCUT2D eigenvalue weighted by atomic mass is 16.5. The van der Waals surface area contributed by atoms with E-state index in [0.29, 0.717) is 6.42 Å². The van der Waals surface area contributed by atoms with E-state index in [9.17, 15) is 4.79 Å². The molecule has 1 atom stereocenters. The number of nitrogens with two attached hydrogens (primary N) is 1. The molecule has 0 unspecified atom stereocenters. The number of carboxylic acids is 1. The Morgan fingerprint density at radius 2 is 2.15 bits per heavy atom. The van der Waals surface area contributed by atoms with E-state index < -0.39 is 12.0 Å². The van der Waals surface area contributed by atoms with Crippen molar-refractivity contribution in [2.75, 3.05) is 13.2 Å². The lowest BCUT2D eigenvalue weighted by atomic mass is 9.77. The molecular formula is C9H17NO3. The van der Waals surface area contributed by atoms with Crippen LogP contribution in [0.3, 0.4) is 0 Å². The van der Waals surface area contributed by atoms with Crippen LogP contribution in [-0.2, 0) is 9.53 Å². The van der Waals surface area contributed by atoms with Gasteiger partial charge in [0.2, 0.25) is 0 Å². The molecule has 1 rings (SSSR count). The van der Waals surface area contributed by atoms with Crippen LogP contribution < -0.4 is 5.73 Å². The van der Waals surface area contributed by atoms with Crippen molar-refractivity contribution in [3.05, 3.63) is 0 Å². The summed E-state index contributed by atoms with van der Waals surface area (Å²) in [5, 5.41) is 8.67. The smallest absolute Gasteiger partial charge is 0.320 e. The molecule has 0 aromatic heterocycles. The maximum absolute atomic E-state index is 10.6. The standard InChI is InChI=1S/C9H17NO3/c1-9(2-4-13-5-3-9)6-7(10)8(11)12/h7H,2-6,10H2,1H3,(H,11,12)/t7-/m0/s1. The average Bonchev–Trinajstić information content (AvgIpc) is 2.04. The van der Waals surface area contributed by atoms with Gasteiger partial charge in [-0.15, -0.1) is 0 Å². The van der Waals surface area contributed by atoms with Crippen LogP contribution in [0.5, 0.6) is 0 Å². The Hall–Kier alpha value is -0.610. The zero-order valence-electron chi connectivity index (χ0n) is 7.95. The van der Waals surface area contributed by atoms with Gasteiger partial charge in [-0.25, -0.2) is 0 Å². The minimum atomic E-state index is -0.910. The predicted octanol–water partition coefficient (Wildman–Crippen LogP) is 0.605. The fourth-order valence-corrected chi connectivity index (χ4v) is 1.69. The van der Waals surface area contributed by atoms with Gasteiger partial charge in [-0.1, -0.05) is 6.92 Å². The molecule has 1 fully saturated rings. The van der Waals surface area contributed by atoms with Crippen LogP contribution in [0.1, 0.15) is 26.2 Å². The van der Waals surface area contributed by atoms with Crippen LogP contribution in [0, 0.1) is 5.41 Å². The molecule has 1 saturated heterocycles. The SMILES string of the molecule is CC1(C[C@H](N)C(=O)O)CCOCC1. The molecule has 0 saturated carbocycles. The highest BCUT2D eigenvalue weighted by Gasteiger charge is 2.31. The number of ether oxygens (including phenoxy) is 1. The van der Waals surface area contributed by atoms with Crippen LogP contribution in [-0.4, -0.2) is 30.3 Å². The normalized spacial score (nSPS) is 23.8. The molecule has 1 aliphatic heterocycles. The lowest BCUT2D eigenvalue weighted by Gasteiger charge is -2.34. The molecule has 13 heavy (non-hydrogen) atoms. The van der Waals surface area contributed by atoms with Crippen molar-refractivity contribution < 1.29 is 14.6 Å². The van der Waals surface area contributed by atoms with E-state index in [1.165, 1.54) is 0 Å². The van der Waals surface area contributed by atoms with Crippen molar-refractivity contribution in [3.63, 3.8) is 0 Å². The summed E-state index contributed by atoms with van der Waals surface area (Å²) >= 11 is 0. The molecule has 0 bridgehead atoms. The van der Waals surface area contributed by atoms with Crippen molar-refractivity contribution in [3.8, 4) is 0 Å². The third-order valence-corrected chi connectivity index (χ3v) is 2.73. The molecular weight excluding hydrogens is 170 g/mol. The Labute approximate surface area is 78.1 Å². The van der Waals surface area contributed by atoms with Crippen LogP contribution in [0.25, 0.3) is 0 Å². The predicted molar refractivity (Wildman–Crippen MR) is 48.4 cm³/mol. The Morgan fingerprint density at radius 1 is 1.62 bits per heavy atom. The molecule has 4 heteroatoms. The van der Waals surface area contributed by atoms with Crippen molar-refractivity contribution in [2.45, 2.75) is 32.2 Å². The van der Waals surface area contributed by atoms with E-state index >= 15 is 0 Å². The van der Waals surface area contributed by atoms with Gasteiger partial charge in [0.15, 0.2) is 0 Å². The molecule has 0 amide bonds. The maximum Gasteiger partial charge on any atom is 0.320 e. The van der Waals surface area contributed by atoms with Gasteiger partial charge in [0.25, 0.3) is 0 Å². The number of hydrogen-bond acceptors (Lipinski definition) is 3. The second-order valence-corrected chi connectivity index (χ2v) is 4.07. The molecule has 0 aliphatic carbocycles. The molecule has 1 aliphatic rings. The van der Waals surface area contributed by atoms with Gasteiger partial charge in [0.05, 0.1) is 0 Å². The summed E-state index contributed by atoms with van der Waals surface area (Å²) in [5.41, 5.74) is 5.54. The van der Waals surface area contributed by atoms with E-state index in [1.807, 2.05) is 0 Å². The summed E-state index contributed by atoms with van der Waals surface area (Å²) in [4.78, 5) is 10.6. The first-order chi connectivity index (χ1) is 6.03. The molecule has 4 nitrogen and oxygen atoms in total.